The number of aryl methyl sites for hydroxylation is 1. The first-order chi connectivity index (χ1) is 17.5. The first-order valence-electron chi connectivity index (χ1n) is 10.5. The smallest absolute Gasteiger partial charge is 0.291 e. The van der Waals surface area contributed by atoms with Crippen LogP contribution in [0.3, 0.4) is 0 Å². The molecule has 37 heavy (non-hydrogen) atoms. The molecule has 0 unspecified atom stereocenters. The molecule has 0 radical (unpaired) electrons. The van der Waals surface area contributed by atoms with Gasteiger partial charge in [-0.05, 0) is 43.7 Å². The van der Waals surface area contributed by atoms with Gasteiger partial charge in [0.2, 0.25) is 0 Å². The fourth-order valence-electron chi connectivity index (χ4n) is 3.45. The number of halogens is 7. The van der Waals surface area contributed by atoms with E-state index in [1.54, 1.807) is 29.8 Å². The Kier molecular flexibility index (Phi) is 8.81. The van der Waals surface area contributed by atoms with Crippen molar-refractivity contribution in [2.24, 2.45) is 0 Å². The van der Waals surface area contributed by atoms with Gasteiger partial charge in [0.15, 0.2) is 11.5 Å². The summed E-state index contributed by atoms with van der Waals surface area (Å²) in [6.07, 6.45) is 0. The summed E-state index contributed by atoms with van der Waals surface area (Å²) in [5.74, 6) is -0.0176. The first kappa shape index (κ1) is 28.2. The van der Waals surface area contributed by atoms with Gasteiger partial charge >= 0.3 is 0 Å². The highest BCUT2D eigenvalue weighted by Gasteiger charge is 2.22. The van der Waals surface area contributed by atoms with Crippen molar-refractivity contribution < 1.29 is 13.9 Å². The van der Waals surface area contributed by atoms with E-state index in [-0.39, 0.29) is 43.2 Å². The number of hydrogen-bond acceptors (Lipinski definition) is 4. The molecule has 0 atom stereocenters. The van der Waals surface area contributed by atoms with E-state index in [1.807, 2.05) is 13.0 Å². The molecule has 0 spiro atoms. The standard InChI is InChI=1S/C24H16Cl7N3O3/c1-10-22(11(2)34(33-10)8-12-3-4-13(25)7-15(12)26)32-24(35)16-6-5-14(37-16)9-36-23-20(30)18(28)17(27)19(29)21(23)31/h3-7H,8-9H2,1-2H3,(H,32,35). The highest BCUT2D eigenvalue weighted by atomic mass is 35.5. The van der Waals surface area contributed by atoms with Gasteiger partial charge < -0.3 is 14.5 Å². The Morgan fingerprint density at radius 2 is 1.59 bits per heavy atom. The number of ether oxygens (including phenoxy) is 1. The Balaban J connectivity index is 1.46. The lowest BCUT2D eigenvalue weighted by molar-refractivity contribution is 0.0992. The van der Waals surface area contributed by atoms with E-state index in [1.165, 1.54) is 6.07 Å². The van der Waals surface area contributed by atoms with Crippen LogP contribution in [0.5, 0.6) is 5.75 Å². The van der Waals surface area contributed by atoms with Crippen LogP contribution in [0.4, 0.5) is 5.69 Å². The molecular weight excluding hydrogens is 626 g/mol. The van der Waals surface area contributed by atoms with E-state index in [0.717, 1.165) is 11.3 Å². The average molecular weight is 643 g/mol. The zero-order chi connectivity index (χ0) is 27.0. The summed E-state index contributed by atoms with van der Waals surface area (Å²) < 4.78 is 13.0. The molecule has 0 bridgehead atoms. The molecular formula is C24H16Cl7N3O3. The molecule has 0 aliphatic carbocycles. The van der Waals surface area contributed by atoms with Crippen LogP contribution in [0, 0.1) is 13.8 Å². The molecule has 2 aromatic carbocycles. The number of nitrogens with one attached hydrogen (secondary N) is 1. The second-order valence-corrected chi connectivity index (χ2v) is 10.6. The van der Waals surface area contributed by atoms with Gasteiger partial charge in [-0.15, -0.1) is 0 Å². The fraction of sp³-hybridized carbons (Fsp3) is 0.167. The van der Waals surface area contributed by atoms with Crippen LogP contribution in [0.25, 0.3) is 0 Å². The van der Waals surface area contributed by atoms with E-state index >= 15 is 0 Å². The Labute approximate surface area is 247 Å². The van der Waals surface area contributed by atoms with E-state index in [4.69, 9.17) is 90.4 Å². The Morgan fingerprint density at radius 1 is 0.946 bits per heavy atom. The summed E-state index contributed by atoms with van der Waals surface area (Å²) in [6.45, 7) is 3.94. The minimum atomic E-state index is -0.463. The molecule has 4 aromatic rings. The number of carbonyl (C=O) groups is 1. The van der Waals surface area contributed by atoms with Crippen molar-refractivity contribution in [3.63, 3.8) is 0 Å². The third-order valence-electron chi connectivity index (χ3n) is 5.37. The number of benzene rings is 2. The SMILES string of the molecule is Cc1nn(Cc2ccc(Cl)cc2Cl)c(C)c1NC(=O)c1ccc(COc2c(Cl)c(Cl)c(Cl)c(Cl)c2Cl)o1. The van der Waals surface area contributed by atoms with Gasteiger partial charge in [0.1, 0.15) is 22.4 Å². The maximum absolute atomic E-state index is 12.9. The van der Waals surface area contributed by atoms with Crippen LogP contribution >= 0.6 is 81.2 Å². The predicted molar refractivity (Wildman–Crippen MR) is 150 cm³/mol. The lowest BCUT2D eigenvalue weighted by atomic mass is 10.2. The second-order valence-electron chi connectivity index (χ2n) is 7.85. The third-order valence-corrected chi connectivity index (χ3v) is 8.20. The van der Waals surface area contributed by atoms with Crippen molar-refractivity contribution in [3.8, 4) is 5.75 Å². The lowest BCUT2D eigenvalue weighted by Crippen LogP contribution is -2.12. The number of carbonyl (C=O) groups excluding carboxylic acids is 1. The minimum Gasteiger partial charge on any atom is -0.482 e. The number of aromatic nitrogens is 2. The highest BCUT2D eigenvalue weighted by Crippen LogP contribution is 2.48. The molecule has 13 heteroatoms. The fourth-order valence-corrected chi connectivity index (χ4v) is 5.15. The number of hydrogen-bond donors (Lipinski definition) is 1. The van der Waals surface area contributed by atoms with Crippen LogP contribution in [0.15, 0.2) is 34.7 Å². The Bertz CT molecular complexity index is 1480. The summed E-state index contributed by atoms with van der Waals surface area (Å²) >= 11 is 42.8. The quantitative estimate of drug-likeness (QED) is 0.161. The zero-order valence-electron chi connectivity index (χ0n) is 19.1. The summed E-state index contributed by atoms with van der Waals surface area (Å²) in [6, 6.07) is 8.36. The summed E-state index contributed by atoms with van der Waals surface area (Å²) in [7, 11) is 0. The molecule has 0 saturated heterocycles. The lowest BCUT2D eigenvalue weighted by Gasteiger charge is -2.12. The van der Waals surface area contributed by atoms with E-state index in [2.05, 4.69) is 10.4 Å². The van der Waals surface area contributed by atoms with E-state index in [0.29, 0.717) is 33.7 Å². The number of amides is 1. The van der Waals surface area contributed by atoms with Crippen molar-refractivity contribution in [2.75, 3.05) is 5.32 Å². The van der Waals surface area contributed by atoms with Gasteiger partial charge in [0.05, 0.1) is 38.7 Å². The van der Waals surface area contributed by atoms with Gasteiger partial charge in [0, 0.05) is 10.0 Å². The van der Waals surface area contributed by atoms with Crippen LogP contribution < -0.4 is 10.1 Å². The summed E-state index contributed by atoms with van der Waals surface area (Å²) in [5.41, 5.74) is 2.78. The van der Waals surface area contributed by atoms with Crippen LogP contribution in [0.2, 0.25) is 35.2 Å². The number of furan rings is 1. The van der Waals surface area contributed by atoms with Crippen molar-refractivity contribution in [2.45, 2.75) is 27.0 Å². The number of anilines is 1. The maximum Gasteiger partial charge on any atom is 0.291 e. The van der Waals surface area contributed by atoms with Gasteiger partial charge in [-0.1, -0.05) is 87.3 Å². The molecule has 194 valence electrons. The molecule has 0 fully saturated rings. The van der Waals surface area contributed by atoms with E-state index in [9.17, 15) is 4.79 Å². The molecule has 2 aromatic heterocycles. The van der Waals surface area contributed by atoms with Gasteiger partial charge in [-0.25, -0.2) is 0 Å². The van der Waals surface area contributed by atoms with Crippen molar-refractivity contribution in [1.82, 2.24) is 9.78 Å². The van der Waals surface area contributed by atoms with Crippen molar-refractivity contribution >= 4 is 92.8 Å². The predicted octanol–water partition coefficient (Wildman–Crippen LogP) is 9.55. The maximum atomic E-state index is 12.9. The molecule has 4 rings (SSSR count). The molecule has 0 saturated carbocycles. The second kappa shape index (κ2) is 11.5. The van der Waals surface area contributed by atoms with Crippen LogP contribution in [-0.2, 0) is 13.2 Å². The summed E-state index contributed by atoms with van der Waals surface area (Å²) in [4.78, 5) is 12.9. The Morgan fingerprint density at radius 3 is 2.24 bits per heavy atom. The molecule has 1 N–H and O–H groups in total. The molecule has 1 amide bonds. The van der Waals surface area contributed by atoms with Crippen LogP contribution in [0.1, 0.15) is 33.3 Å². The molecule has 2 heterocycles. The number of nitrogens with zero attached hydrogens (tertiary/aromatic N) is 2. The topological polar surface area (TPSA) is 69.3 Å². The highest BCUT2D eigenvalue weighted by molar-refractivity contribution is 6.55. The van der Waals surface area contributed by atoms with Crippen molar-refractivity contribution in [1.29, 1.82) is 0 Å². The molecule has 0 aliphatic rings. The normalized spacial score (nSPS) is 11.2. The van der Waals surface area contributed by atoms with Gasteiger partial charge in [-0.3, -0.25) is 9.48 Å². The third kappa shape index (κ3) is 5.96. The molecule has 6 nitrogen and oxygen atoms in total. The van der Waals surface area contributed by atoms with Crippen molar-refractivity contribution in [3.05, 3.63) is 94.0 Å². The monoisotopic (exact) mass is 639 g/mol. The minimum absolute atomic E-state index is 0.00781. The first-order valence-corrected chi connectivity index (χ1v) is 13.1. The van der Waals surface area contributed by atoms with Gasteiger partial charge in [0.25, 0.3) is 5.91 Å². The number of rotatable bonds is 7. The van der Waals surface area contributed by atoms with E-state index < -0.39 is 5.91 Å². The summed E-state index contributed by atoms with van der Waals surface area (Å²) in [5, 5.41) is 8.51. The Hall–Kier alpha value is -1.77. The molecule has 0 aliphatic heterocycles. The average Bonchev–Trinajstić information content (AvgIpc) is 3.43. The van der Waals surface area contributed by atoms with Gasteiger partial charge in [-0.2, -0.15) is 5.10 Å². The largest absolute Gasteiger partial charge is 0.482 e. The zero-order valence-corrected chi connectivity index (χ0v) is 24.4. The van der Waals surface area contributed by atoms with Crippen LogP contribution in [-0.4, -0.2) is 15.7 Å².